The van der Waals surface area contributed by atoms with Crippen molar-refractivity contribution in [3.05, 3.63) is 157 Å². The molecule has 0 unspecified atom stereocenters. The van der Waals surface area contributed by atoms with E-state index in [0.717, 1.165) is 24.2 Å². The zero-order chi connectivity index (χ0) is 30.0. The van der Waals surface area contributed by atoms with Crippen LogP contribution in [0.25, 0.3) is 55.0 Å². The molecule has 6 aromatic carbocycles. The highest BCUT2D eigenvalue weighted by molar-refractivity contribution is 6.10. The van der Waals surface area contributed by atoms with E-state index in [4.69, 9.17) is 0 Å². The molecule has 1 aliphatic carbocycles. The van der Waals surface area contributed by atoms with Gasteiger partial charge in [0.05, 0.1) is 22.1 Å². The summed E-state index contributed by atoms with van der Waals surface area (Å²) in [5.74, 6) is 0. The molecule has 1 saturated carbocycles. The Labute approximate surface area is 262 Å². The standard InChI is InChI=1S/C42H33FN2/c43-31-25-27-42(28-26-31,29-17-21-32(22-18-29)44-38-13-5-1-9-34(38)35-10-2-6-14-39(35)44)30-19-23-33(24-20-30)45-40-15-7-3-11-36(40)37-12-4-8-16-41(37)45/h1-24,31H,25-28H2. The van der Waals surface area contributed by atoms with E-state index in [1.807, 2.05) is 0 Å². The van der Waals surface area contributed by atoms with Gasteiger partial charge in [-0.2, -0.15) is 0 Å². The molecule has 2 aromatic heterocycles. The summed E-state index contributed by atoms with van der Waals surface area (Å²) in [4.78, 5) is 0. The Morgan fingerprint density at radius 3 is 1.07 bits per heavy atom. The van der Waals surface area contributed by atoms with Gasteiger partial charge in [-0.05, 0) is 85.3 Å². The van der Waals surface area contributed by atoms with Crippen molar-refractivity contribution >= 4 is 43.6 Å². The number of para-hydroxylation sites is 4. The Morgan fingerprint density at radius 1 is 0.422 bits per heavy atom. The Kier molecular flexibility index (Phi) is 5.96. The van der Waals surface area contributed by atoms with Crippen LogP contribution in [-0.2, 0) is 5.41 Å². The van der Waals surface area contributed by atoms with Crippen molar-refractivity contribution in [3.63, 3.8) is 0 Å². The molecule has 0 atom stereocenters. The maximum atomic E-state index is 14.6. The van der Waals surface area contributed by atoms with Crippen molar-refractivity contribution < 1.29 is 4.39 Å². The van der Waals surface area contributed by atoms with Crippen molar-refractivity contribution in [1.82, 2.24) is 9.13 Å². The van der Waals surface area contributed by atoms with Gasteiger partial charge in [-0.25, -0.2) is 4.39 Å². The summed E-state index contributed by atoms with van der Waals surface area (Å²) < 4.78 is 19.4. The van der Waals surface area contributed by atoms with Crippen LogP contribution >= 0.6 is 0 Å². The topological polar surface area (TPSA) is 9.86 Å². The summed E-state index contributed by atoms with van der Waals surface area (Å²) >= 11 is 0. The predicted octanol–water partition coefficient (Wildman–Crippen LogP) is 11.1. The maximum absolute atomic E-state index is 14.6. The maximum Gasteiger partial charge on any atom is 0.100 e. The first-order chi connectivity index (χ1) is 22.2. The predicted molar refractivity (Wildman–Crippen MR) is 186 cm³/mol. The highest BCUT2D eigenvalue weighted by Gasteiger charge is 2.38. The Balaban J connectivity index is 1.14. The molecule has 0 amide bonds. The van der Waals surface area contributed by atoms with Crippen LogP contribution in [0.4, 0.5) is 4.39 Å². The molecule has 3 heteroatoms. The number of rotatable bonds is 4. The smallest absolute Gasteiger partial charge is 0.100 e. The van der Waals surface area contributed by atoms with Gasteiger partial charge in [0.25, 0.3) is 0 Å². The van der Waals surface area contributed by atoms with Gasteiger partial charge in [-0.3, -0.25) is 0 Å². The monoisotopic (exact) mass is 584 g/mol. The van der Waals surface area contributed by atoms with Crippen LogP contribution < -0.4 is 0 Å². The van der Waals surface area contributed by atoms with Crippen molar-refractivity contribution in [2.75, 3.05) is 0 Å². The SMILES string of the molecule is FC1CCC(c2ccc(-n3c4ccccc4c4ccccc43)cc2)(c2ccc(-n3c4ccccc4c4ccccc43)cc2)CC1. The molecule has 9 rings (SSSR count). The fourth-order valence-electron chi connectivity index (χ4n) is 8.08. The molecular weight excluding hydrogens is 551 g/mol. The molecule has 0 bridgehead atoms. The van der Waals surface area contributed by atoms with Gasteiger partial charge in [0.1, 0.15) is 6.17 Å². The van der Waals surface area contributed by atoms with Gasteiger partial charge in [-0.1, -0.05) is 97.1 Å². The van der Waals surface area contributed by atoms with Gasteiger partial charge in [0.15, 0.2) is 0 Å². The molecule has 0 spiro atoms. The molecule has 8 aromatic rings. The molecule has 2 heterocycles. The van der Waals surface area contributed by atoms with Gasteiger partial charge < -0.3 is 9.13 Å². The molecule has 0 saturated heterocycles. The van der Waals surface area contributed by atoms with Crippen LogP contribution in [-0.4, -0.2) is 15.3 Å². The number of benzene rings is 6. The fourth-order valence-corrected chi connectivity index (χ4v) is 8.08. The van der Waals surface area contributed by atoms with E-state index in [2.05, 4.69) is 155 Å². The number of fused-ring (bicyclic) bond motifs is 6. The van der Waals surface area contributed by atoms with Gasteiger partial charge >= 0.3 is 0 Å². The molecule has 45 heavy (non-hydrogen) atoms. The van der Waals surface area contributed by atoms with Crippen LogP contribution in [0.2, 0.25) is 0 Å². The van der Waals surface area contributed by atoms with Crippen molar-refractivity contribution in [3.8, 4) is 11.4 Å². The average Bonchev–Trinajstić information content (AvgIpc) is 3.62. The largest absolute Gasteiger partial charge is 0.309 e. The first-order valence-corrected chi connectivity index (χ1v) is 16.0. The van der Waals surface area contributed by atoms with Crippen molar-refractivity contribution in [2.24, 2.45) is 0 Å². The molecule has 1 fully saturated rings. The molecule has 1 aliphatic rings. The first kappa shape index (κ1) is 26.3. The van der Waals surface area contributed by atoms with Crippen LogP contribution in [0.1, 0.15) is 36.8 Å². The zero-order valence-electron chi connectivity index (χ0n) is 25.0. The molecule has 0 aliphatic heterocycles. The number of aromatic nitrogens is 2. The normalized spacial score (nSPS) is 15.4. The van der Waals surface area contributed by atoms with Crippen LogP contribution in [0, 0.1) is 0 Å². The highest BCUT2D eigenvalue weighted by Crippen LogP contribution is 2.46. The second-order valence-electron chi connectivity index (χ2n) is 12.6. The molecule has 218 valence electrons. The Hall–Kier alpha value is -5.15. The summed E-state index contributed by atoms with van der Waals surface area (Å²) in [5.41, 5.74) is 9.44. The van der Waals surface area contributed by atoms with Crippen LogP contribution in [0.15, 0.2) is 146 Å². The lowest BCUT2D eigenvalue weighted by molar-refractivity contribution is 0.202. The lowest BCUT2D eigenvalue weighted by Gasteiger charge is -2.40. The average molecular weight is 585 g/mol. The van der Waals surface area contributed by atoms with E-state index in [1.54, 1.807) is 0 Å². The van der Waals surface area contributed by atoms with Crippen molar-refractivity contribution in [2.45, 2.75) is 37.3 Å². The minimum absolute atomic E-state index is 0.221. The van der Waals surface area contributed by atoms with Crippen LogP contribution in [0.5, 0.6) is 0 Å². The lowest BCUT2D eigenvalue weighted by Crippen LogP contribution is -2.33. The number of halogens is 1. The van der Waals surface area contributed by atoms with E-state index >= 15 is 0 Å². The Bertz CT molecular complexity index is 2070. The van der Waals surface area contributed by atoms with Crippen molar-refractivity contribution in [1.29, 1.82) is 0 Å². The quantitative estimate of drug-likeness (QED) is 0.195. The first-order valence-electron chi connectivity index (χ1n) is 16.0. The van der Waals surface area contributed by atoms with E-state index in [-0.39, 0.29) is 5.41 Å². The molecular formula is C42H33FN2. The van der Waals surface area contributed by atoms with E-state index in [1.165, 1.54) is 54.7 Å². The summed E-state index contributed by atoms with van der Waals surface area (Å²) in [7, 11) is 0. The third-order valence-electron chi connectivity index (χ3n) is 10.3. The molecule has 0 N–H and O–H groups in total. The summed E-state index contributed by atoms with van der Waals surface area (Å²) in [5, 5.41) is 5.05. The van der Waals surface area contributed by atoms with E-state index in [0.29, 0.717) is 12.8 Å². The minimum Gasteiger partial charge on any atom is -0.309 e. The van der Waals surface area contributed by atoms with E-state index < -0.39 is 6.17 Å². The van der Waals surface area contributed by atoms with Gasteiger partial charge in [-0.15, -0.1) is 0 Å². The third kappa shape index (κ3) is 4.00. The summed E-state index contributed by atoms with van der Waals surface area (Å²) in [6.45, 7) is 0. The number of hydrogen-bond donors (Lipinski definition) is 0. The molecule has 2 nitrogen and oxygen atoms in total. The van der Waals surface area contributed by atoms with Gasteiger partial charge in [0, 0.05) is 38.3 Å². The van der Waals surface area contributed by atoms with E-state index in [9.17, 15) is 4.39 Å². The summed E-state index contributed by atoms with van der Waals surface area (Å²) in [6.07, 6.45) is 2.05. The summed E-state index contributed by atoms with van der Waals surface area (Å²) in [6, 6.07) is 52.7. The van der Waals surface area contributed by atoms with Crippen LogP contribution in [0.3, 0.4) is 0 Å². The zero-order valence-corrected chi connectivity index (χ0v) is 25.0. The number of hydrogen-bond acceptors (Lipinski definition) is 0. The lowest BCUT2D eigenvalue weighted by atomic mass is 9.65. The minimum atomic E-state index is -0.730. The fraction of sp³-hybridized carbons (Fsp3) is 0.143. The molecule has 0 radical (unpaired) electrons. The number of alkyl halides is 1. The van der Waals surface area contributed by atoms with Gasteiger partial charge in [0.2, 0.25) is 0 Å². The third-order valence-corrected chi connectivity index (χ3v) is 10.3. The second kappa shape index (κ2) is 10.2. The Morgan fingerprint density at radius 2 is 0.733 bits per heavy atom. The number of nitrogens with zero attached hydrogens (tertiary/aromatic N) is 2. The highest BCUT2D eigenvalue weighted by atomic mass is 19.1. The second-order valence-corrected chi connectivity index (χ2v) is 12.6.